The molecule has 2 amide bonds. The van der Waals surface area contributed by atoms with Gasteiger partial charge in [0.15, 0.2) is 0 Å². The maximum absolute atomic E-state index is 12.6. The third-order valence-electron chi connectivity index (χ3n) is 4.59. The number of pyridine rings is 1. The van der Waals surface area contributed by atoms with Crippen molar-refractivity contribution < 1.29 is 9.59 Å². The molecule has 2 heterocycles. The van der Waals surface area contributed by atoms with Crippen LogP contribution in [-0.2, 0) is 16.0 Å². The van der Waals surface area contributed by atoms with E-state index in [1.807, 2.05) is 30.1 Å². The van der Waals surface area contributed by atoms with Crippen molar-refractivity contribution in [1.82, 2.24) is 14.8 Å². The van der Waals surface area contributed by atoms with Gasteiger partial charge in [0.1, 0.15) is 0 Å². The van der Waals surface area contributed by atoms with E-state index in [0.717, 1.165) is 25.0 Å². The summed E-state index contributed by atoms with van der Waals surface area (Å²) < 4.78 is 0. The number of likely N-dealkylation sites (tertiary alicyclic amines) is 1. The molecule has 1 atom stereocenters. The molecule has 2 fully saturated rings. The van der Waals surface area contributed by atoms with E-state index in [4.69, 9.17) is 0 Å². The maximum Gasteiger partial charge on any atom is 0.227 e. The molecule has 1 aliphatic heterocycles. The summed E-state index contributed by atoms with van der Waals surface area (Å²) in [5, 5.41) is 0. The molecule has 1 aromatic heterocycles. The van der Waals surface area contributed by atoms with E-state index >= 15 is 0 Å². The molecule has 0 aromatic carbocycles. The number of nitrogens with zero attached hydrogens (tertiary/aromatic N) is 3. The van der Waals surface area contributed by atoms with E-state index in [0.29, 0.717) is 32.0 Å². The van der Waals surface area contributed by atoms with Crippen molar-refractivity contribution in [2.24, 2.45) is 5.92 Å². The van der Waals surface area contributed by atoms with Gasteiger partial charge in [-0.05, 0) is 31.4 Å². The standard InChI is InChI=1S/C17H23N3O2/c1-19(11-9-14-4-2-3-10-18-14)17(22)13-5-8-16(21)20(12-13)15-6-7-15/h2-4,10,13,15H,5-9,11-12H2,1H3. The lowest BCUT2D eigenvalue weighted by molar-refractivity contribution is -0.142. The summed E-state index contributed by atoms with van der Waals surface area (Å²) in [6, 6.07) is 6.24. The first-order valence-corrected chi connectivity index (χ1v) is 8.09. The first-order chi connectivity index (χ1) is 10.6. The average Bonchev–Trinajstić information content (AvgIpc) is 3.38. The summed E-state index contributed by atoms with van der Waals surface area (Å²) in [5.41, 5.74) is 1.00. The molecule has 5 nitrogen and oxygen atoms in total. The highest BCUT2D eigenvalue weighted by molar-refractivity contribution is 5.84. The molecule has 2 aliphatic rings. The minimum Gasteiger partial charge on any atom is -0.345 e. The smallest absolute Gasteiger partial charge is 0.227 e. The SMILES string of the molecule is CN(CCc1ccccn1)C(=O)C1CCC(=O)N(C2CC2)C1. The van der Waals surface area contributed by atoms with Crippen molar-refractivity contribution in [3.8, 4) is 0 Å². The van der Waals surface area contributed by atoms with E-state index in [9.17, 15) is 9.59 Å². The van der Waals surface area contributed by atoms with Crippen LogP contribution in [0.2, 0.25) is 0 Å². The Labute approximate surface area is 131 Å². The fourth-order valence-corrected chi connectivity index (χ4v) is 3.06. The number of carbonyl (C=O) groups excluding carboxylic acids is 2. The van der Waals surface area contributed by atoms with Crippen LogP contribution in [0.4, 0.5) is 0 Å². The van der Waals surface area contributed by atoms with E-state index < -0.39 is 0 Å². The lowest BCUT2D eigenvalue weighted by Crippen LogP contribution is -2.47. The van der Waals surface area contributed by atoms with Gasteiger partial charge in [-0.3, -0.25) is 14.6 Å². The molecule has 1 saturated heterocycles. The molecule has 5 heteroatoms. The zero-order valence-electron chi connectivity index (χ0n) is 13.1. The molecular weight excluding hydrogens is 278 g/mol. The Hall–Kier alpha value is -1.91. The molecule has 1 aliphatic carbocycles. The van der Waals surface area contributed by atoms with Crippen LogP contribution in [0, 0.1) is 5.92 Å². The Morgan fingerprint density at radius 1 is 1.36 bits per heavy atom. The number of likely N-dealkylation sites (N-methyl/N-ethyl adjacent to an activating group) is 1. The predicted molar refractivity (Wildman–Crippen MR) is 83.0 cm³/mol. The second-order valence-electron chi connectivity index (χ2n) is 6.34. The van der Waals surface area contributed by atoms with Gasteiger partial charge in [-0.25, -0.2) is 0 Å². The van der Waals surface area contributed by atoms with Gasteiger partial charge in [0.05, 0.1) is 5.92 Å². The Balaban J connectivity index is 1.52. The van der Waals surface area contributed by atoms with Crippen molar-refractivity contribution in [3.05, 3.63) is 30.1 Å². The van der Waals surface area contributed by atoms with Crippen LogP contribution in [0.25, 0.3) is 0 Å². The third-order valence-corrected chi connectivity index (χ3v) is 4.59. The Kier molecular flexibility index (Phi) is 4.41. The lowest BCUT2D eigenvalue weighted by Gasteiger charge is -2.34. The molecular formula is C17H23N3O2. The molecule has 0 bridgehead atoms. The molecule has 0 spiro atoms. The van der Waals surface area contributed by atoms with E-state index in [1.54, 1.807) is 11.1 Å². The van der Waals surface area contributed by atoms with Gasteiger partial charge in [-0.15, -0.1) is 0 Å². The number of amides is 2. The van der Waals surface area contributed by atoms with Gasteiger partial charge < -0.3 is 9.80 Å². The van der Waals surface area contributed by atoms with Gasteiger partial charge in [0, 0.05) is 50.9 Å². The zero-order valence-corrected chi connectivity index (χ0v) is 13.1. The number of aromatic nitrogens is 1. The van der Waals surface area contributed by atoms with Crippen LogP contribution in [-0.4, -0.2) is 52.8 Å². The van der Waals surface area contributed by atoms with Crippen LogP contribution < -0.4 is 0 Å². The summed E-state index contributed by atoms with van der Waals surface area (Å²) in [6.07, 6.45) is 5.94. The summed E-state index contributed by atoms with van der Waals surface area (Å²) in [6.45, 7) is 1.28. The summed E-state index contributed by atoms with van der Waals surface area (Å²) in [7, 11) is 1.85. The van der Waals surface area contributed by atoms with Crippen LogP contribution >= 0.6 is 0 Å². The van der Waals surface area contributed by atoms with Crippen molar-refractivity contribution in [2.75, 3.05) is 20.1 Å². The number of hydrogen-bond acceptors (Lipinski definition) is 3. The van der Waals surface area contributed by atoms with Gasteiger partial charge in [0.25, 0.3) is 0 Å². The molecule has 3 rings (SSSR count). The molecule has 0 N–H and O–H groups in total. The number of piperidine rings is 1. The Morgan fingerprint density at radius 2 is 2.18 bits per heavy atom. The van der Waals surface area contributed by atoms with Crippen LogP contribution in [0.5, 0.6) is 0 Å². The Morgan fingerprint density at radius 3 is 2.86 bits per heavy atom. The lowest BCUT2D eigenvalue weighted by atomic mass is 9.96. The largest absolute Gasteiger partial charge is 0.345 e. The fourth-order valence-electron chi connectivity index (χ4n) is 3.06. The first-order valence-electron chi connectivity index (χ1n) is 8.09. The highest BCUT2D eigenvalue weighted by atomic mass is 16.2. The number of hydrogen-bond donors (Lipinski definition) is 0. The molecule has 118 valence electrons. The van der Waals surface area contributed by atoms with Crippen molar-refractivity contribution >= 4 is 11.8 Å². The van der Waals surface area contributed by atoms with Crippen molar-refractivity contribution in [3.63, 3.8) is 0 Å². The number of rotatable bonds is 5. The van der Waals surface area contributed by atoms with E-state index in [2.05, 4.69) is 4.98 Å². The van der Waals surface area contributed by atoms with Gasteiger partial charge in [-0.1, -0.05) is 6.07 Å². The van der Waals surface area contributed by atoms with E-state index in [-0.39, 0.29) is 17.7 Å². The van der Waals surface area contributed by atoms with Gasteiger partial charge >= 0.3 is 0 Å². The molecule has 22 heavy (non-hydrogen) atoms. The molecule has 1 saturated carbocycles. The highest BCUT2D eigenvalue weighted by Crippen LogP contribution is 2.32. The third kappa shape index (κ3) is 3.46. The molecule has 0 radical (unpaired) electrons. The van der Waals surface area contributed by atoms with Gasteiger partial charge in [-0.2, -0.15) is 0 Å². The zero-order chi connectivity index (χ0) is 15.5. The minimum atomic E-state index is -0.0352. The summed E-state index contributed by atoms with van der Waals surface area (Å²) >= 11 is 0. The van der Waals surface area contributed by atoms with Gasteiger partial charge in [0.2, 0.25) is 11.8 Å². The quantitative estimate of drug-likeness (QED) is 0.828. The fraction of sp³-hybridized carbons (Fsp3) is 0.588. The minimum absolute atomic E-state index is 0.0352. The predicted octanol–water partition coefficient (Wildman–Crippen LogP) is 1.48. The monoisotopic (exact) mass is 301 g/mol. The van der Waals surface area contributed by atoms with Crippen LogP contribution in [0.15, 0.2) is 24.4 Å². The normalized spacial score (nSPS) is 21.8. The van der Waals surface area contributed by atoms with Crippen molar-refractivity contribution in [2.45, 2.75) is 38.1 Å². The van der Waals surface area contributed by atoms with Crippen LogP contribution in [0.3, 0.4) is 0 Å². The topological polar surface area (TPSA) is 53.5 Å². The summed E-state index contributed by atoms with van der Waals surface area (Å²) in [4.78, 5) is 32.5. The second-order valence-corrected chi connectivity index (χ2v) is 6.34. The maximum atomic E-state index is 12.6. The number of carbonyl (C=O) groups is 2. The van der Waals surface area contributed by atoms with Crippen LogP contribution in [0.1, 0.15) is 31.4 Å². The molecule has 1 unspecified atom stereocenters. The Bertz CT molecular complexity index is 542. The first kappa shape index (κ1) is 15.0. The van der Waals surface area contributed by atoms with E-state index in [1.165, 1.54) is 0 Å². The second kappa shape index (κ2) is 6.46. The summed E-state index contributed by atoms with van der Waals surface area (Å²) in [5.74, 6) is 0.351. The average molecular weight is 301 g/mol. The molecule has 1 aromatic rings. The highest BCUT2D eigenvalue weighted by Gasteiger charge is 2.39. The van der Waals surface area contributed by atoms with Crippen molar-refractivity contribution in [1.29, 1.82) is 0 Å².